The minimum absolute atomic E-state index is 0.00972. The van der Waals surface area contributed by atoms with E-state index in [0.717, 1.165) is 95.0 Å². The van der Waals surface area contributed by atoms with Crippen molar-refractivity contribution in [1.29, 1.82) is 5.26 Å². The number of imide groups is 1. The molecule has 15 nitrogen and oxygen atoms in total. The smallest absolute Gasteiger partial charge is 0.255 e. The topological polar surface area (TPSA) is 191 Å². The number of pyridine rings is 2. The van der Waals surface area contributed by atoms with E-state index < -0.39 is 11.9 Å². The Morgan fingerprint density at radius 1 is 0.950 bits per heavy atom. The van der Waals surface area contributed by atoms with Crippen LogP contribution in [0.3, 0.4) is 0 Å². The van der Waals surface area contributed by atoms with Crippen LogP contribution in [-0.2, 0) is 20.9 Å². The van der Waals surface area contributed by atoms with Crippen molar-refractivity contribution in [2.45, 2.75) is 75.9 Å². The summed E-state index contributed by atoms with van der Waals surface area (Å²) in [6, 6.07) is 12.9. The molecule has 3 fully saturated rings. The molecule has 3 N–H and O–H groups in total. The lowest BCUT2D eigenvalue weighted by molar-refractivity contribution is -0.137. The number of benzene rings is 1. The van der Waals surface area contributed by atoms with Crippen molar-refractivity contribution in [2.24, 2.45) is 5.92 Å². The first-order chi connectivity index (χ1) is 29.2. The molecule has 1 aromatic carbocycles. The molecule has 0 spiro atoms. The highest BCUT2D eigenvalue weighted by Gasteiger charge is 2.39. The highest BCUT2D eigenvalue weighted by Crippen LogP contribution is 2.39. The molecule has 0 bridgehead atoms. The van der Waals surface area contributed by atoms with Crippen LogP contribution in [0.15, 0.2) is 55.0 Å². The molecule has 1 unspecified atom stereocenters. The van der Waals surface area contributed by atoms with Crippen LogP contribution >= 0.6 is 11.3 Å². The van der Waals surface area contributed by atoms with E-state index >= 15 is 0 Å². The fourth-order valence-corrected chi connectivity index (χ4v) is 9.83. The van der Waals surface area contributed by atoms with Gasteiger partial charge in [-0.05, 0) is 93.9 Å². The summed E-state index contributed by atoms with van der Waals surface area (Å²) in [5.41, 5.74) is 5.21. The van der Waals surface area contributed by atoms with Crippen LogP contribution in [-0.4, -0.2) is 96.9 Å². The summed E-state index contributed by atoms with van der Waals surface area (Å²) < 4.78 is 1.90. The molecule has 16 heteroatoms. The molecule has 3 aliphatic heterocycles. The zero-order chi connectivity index (χ0) is 41.3. The van der Waals surface area contributed by atoms with E-state index in [1.54, 1.807) is 28.5 Å². The first-order valence-corrected chi connectivity index (χ1v) is 21.2. The average Bonchev–Trinajstić information content (AvgIpc) is 4.01. The molecule has 60 heavy (non-hydrogen) atoms. The number of anilines is 1. The third-order valence-corrected chi connectivity index (χ3v) is 13.3. The van der Waals surface area contributed by atoms with Gasteiger partial charge in [0.05, 0.1) is 17.7 Å². The second kappa shape index (κ2) is 16.6. The lowest BCUT2D eigenvalue weighted by Gasteiger charge is -2.32. The Balaban J connectivity index is 0.729. The molecule has 9 rings (SSSR count). The second-order valence-corrected chi connectivity index (χ2v) is 16.9. The normalized spacial score (nSPS) is 20.9. The standard InChI is InChI=1S/C44H43N11O4S/c1-46-35-21-37(54-18-14-30-20-27(22-45)23-48-39(30)54)47-24-34(35)43-52-51-42(60-43)29-5-7-32(8-6-29)49-40(57)28-12-16-53(17-13-28)15-2-3-26-4-9-33-31(19-26)25-55(44(33)59)36-10-11-38(56)50-41(36)58/h4,9,14,18-21,23-24,28-29,32,36H,5-8,10-13,15-17,25H2,1H3,(H,46,47)(H,49,57)(H,50,56,58)/t29-,32-,36?. The van der Waals surface area contributed by atoms with E-state index in [0.29, 0.717) is 42.4 Å². The number of amides is 4. The zero-order valence-electron chi connectivity index (χ0n) is 33.1. The van der Waals surface area contributed by atoms with E-state index in [1.165, 1.54) is 0 Å². The molecule has 0 radical (unpaired) electrons. The highest BCUT2D eigenvalue weighted by atomic mass is 32.1. The monoisotopic (exact) mass is 821 g/mol. The van der Waals surface area contributed by atoms with Crippen LogP contribution in [0.4, 0.5) is 5.69 Å². The fraction of sp³-hybridized carbons (Fsp3) is 0.386. The van der Waals surface area contributed by atoms with Gasteiger partial charge in [0.25, 0.3) is 5.91 Å². The van der Waals surface area contributed by atoms with Crippen molar-refractivity contribution in [3.63, 3.8) is 0 Å². The number of aromatic nitrogens is 5. The number of carbonyl (C=O) groups is 4. The summed E-state index contributed by atoms with van der Waals surface area (Å²) in [6.07, 6.45) is 11.1. The van der Waals surface area contributed by atoms with Gasteiger partial charge in [-0.2, -0.15) is 5.26 Å². The largest absolute Gasteiger partial charge is 0.387 e. The number of rotatable bonds is 8. The molecule has 4 aromatic heterocycles. The van der Waals surface area contributed by atoms with E-state index in [-0.39, 0.29) is 36.1 Å². The molecule has 1 aliphatic carbocycles. The van der Waals surface area contributed by atoms with E-state index in [2.05, 4.69) is 53.9 Å². The molecule has 7 heterocycles. The summed E-state index contributed by atoms with van der Waals surface area (Å²) >= 11 is 1.60. The van der Waals surface area contributed by atoms with Crippen LogP contribution in [0, 0.1) is 29.1 Å². The first kappa shape index (κ1) is 39.0. The van der Waals surface area contributed by atoms with Gasteiger partial charge < -0.3 is 15.5 Å². The van der Waals surface area contributed by atoms with Crippen molar-refractivity contribution in [2.75, 3.05) is 32.0 Å². The predicted octanol–water partition coefficient (Wildman–Crippen LogP) is 4.52. The van der Waals surface area contributed by atoms with Gasteiger partial charge in [0, 0.05) is 84.7 Å². The maximum Gasteiger partial charge on any atom is 0.255 e. The number of hydrogen-bond donors (Lipinski definition) is 3. The van der Waals surface area contributed by atoms with Gasteiger partial charge in [0.15, 0.2) is 5.01 Å². The minimum atomic E-state index is -0.638. The first-order valence-electron chi connectivity index (χ1n) is 20.4. The molecular weight excluding hydrogens is 779 g/mol. The van der Waals surface area contributed by atoms with Gasteiger partial charge in [-0.25, -0.2) is 9.97 Å². The van der Waals surface area contributed by atoms with E-state index in [4.69, 9.17) is 4.98 Å². The molecule has 2 saturated heterocycles. The number of nitriles is 1. The van der Waals surface area contributed by atoms with Crippen molar-refractivity contribution in [3.8, 4) is 34.3 Å². The van der Waals surface area contributed by atoms with Crippen molar-refractivity contribution < 1.29 is 19.2 Å². The summed E-state index contributed by atoms with van der Waals surface area (Å²) in [4.78, 5) is 63.3. The van der Waals surface area contributed by atoms with Crippen LogP contribution in [0.25, 0.3) is 27.4 Å². The SMILES string of the molecule is CNc1cc(-n2ccc3cc(C#N)cnc32)ncc1-c1nnc([C@H]2CC[C@H](NC(=O)C3CCN(CC#Cc4ccc5c(c4)CN(C4CCC(=O)NC4=O)C5=O)CC3)CC2)s1. The molecule has 4 amide bonds. The lowest BCUT2D eigenvalue weighted by Crippen LogP contribution is -2.52. The number of likely N-dealkylation sites (tertiary alicyclic amines) is 1. The fourth-order valence-electron chi connectivity index (χ4n) is 8.79. The predicted molar refractivity (Wildman–Crippen MR) is 224 cm³/mol. The number of carbonyl (C=O) groups excluding carboxylic acids is 4. The number of hydrogen-bond acceptors (Lipinski definition) is 12. The Bertz CT molecular complexity index is 2620. The Morgan fingerprint density at radius 2 is 1.78 bits per heavy atom. The number of fused-ring (bicyclic) bond motifs is 2. The van der Waals surface area contributed by atoms with Crippen molar-refractivity contribution in [3.05, 3.63) is 82.3 Å². The van der Waals surface area contributed by atoms with Crippen molar-refractivity contribution >= 4 is 51.7 Å². The van der Waals surface area contributed by atoms with Crippen LogP contribution < -0.4 is 16.0 Å². The van der Waals surface area contributed by atoms with Gasteiger partial charge >= 0.3 is 0 Å². The third-order valence-electron chi connectivity index (χ3n) is 12.2. The maximum atomic E-state index is 13.3. The quantitative estimate of drug-likeness (QED) is 0.147. The molecule has 304 valence electrons. The zero-order valence-corrected chi connectivity index (χ0v) is 33.9. The molecule has 5 aromatic rings. The number of piperidine rings is 2. The Labute approximate surface area is 350 Å². The highest BCUT2D eigenvalue weighted by molar-refractivity contribution is 7.14. The summed E-state index contributed by atoms with van der Waals surface area (Å²) in [7, 11) is 1.87. The minimum Gasteiger partial charge on any atom is -0.387 e. The summed E-state index contributed by atoms with van der Waals surface area (Å²) in [6.45, 7) is 2.52. The van der Waals surface area contributed by atoms with Crippen LogP contribution in [0.5, 0.6) is 0 Å². The van der Waals surface area contributed by atoms with Crippen LogP contribution in [0.2, 0.25) is 0 Å². The molecular formula is C44H43N11O4S. The lowest BCUT2D eigenvalue weighted by atomic mass is 9.86. The second-order valence-electron chi connectivity index (χ2n) is 15.9. The van der Waals surface area contributed by atoms with Gasteiger partial charge in [-0.15, -0.1) is 10.2 Å². The van der Waals surface area contributed by atoms with Crippen LogP contribution in [0.1, 0.15) is 89.3 Å². The van der Waals surface area contributed by atoms with Crippen molar-refractivity contribution in [1.82, 2.24) is 45.2 Å². The molecule has 4 aliphatic rings. The third kappa shape index (κ3) is 7.84. The maximum absolute atomic E-state index is 13.3. The summed E-state index contributed by atoms with van der Waals surface area (Å²) in [5, 5.41) is 30.1. The summed E-state index contributed by atoms with van der Waals surface area (Å²) in [5.74, 6) is 6.72. The Hall–Kier alpha value is -6.49. The Morgan fingerprint density at radius 3 is 2.57 bits per heavy atom. The van der Waals surface area contributed by atoms with Gasteiger partial charge in [0.2, 0.25) is 17.7 Å². The number of nitrogens with one attached hydrogen (secondary N) is 3. The molecule has 1 atom stereocenters. The van der Waals surface area contributed by atoms with Gasteiger partial charge in [0.1, 0.15) is 28.6 Å². The number of nitrogens with zero attached hydrogens (tertiary/aromatic N) is 8. The average molecular weight is 822 g/mol. The van der Waals surface area contributed by atoms with Gasteiger partial charge in [-0.3, -0.25) is 34.0 Å². The van der Waals surface area contributed by atoms with Gasteiger partial charge in [-0.1, -0.05) is 23.2 Å². The Kier molecular flexibility index (Phi) is 10.8. The van der Waals surface area contributed by atoms with E-state index in [9.17, 15) is 24.4 Å². The van der Waals surface area contributed by atoms with E-state index in [1.807, 2.05) is 54.3 Å². The molecule has 1 saturated carbocycles.